The van der Waals surface area contributed by atoms with Gasteiger partial charge in [-0.2, -0.15) is 0 Å². The summed E-state index contributed by atoms with van der Waals surface area (Å²) in [7, 11) is -1.15. The molecule has 0 nitrogen and oxygen atoms in total. The first kappa shape index (κ1) is 20.4. The van der Waals surface area contributed by atoms with E-state index >= 15 is 0 Å². The number of hydrogen-bond acceptors (Lipinski definition) is 0. The predicted octanol–water partition coefficient (Wildman–Crippen LogP) is 6.60. The predicted molar refractivity (Wildman–Crippen MR) is 106 cm³/mol. The van der Waals surface area contributed by atoms with Crippen LogP contribution in [0, 0.1) is 0 Å². The first-order chi connectivity index (χ1) is 10.2. The van der Waals surface area contributed by atoms with Gasteiger partial charge in [0, 0.05) is 0 Å². The molecule has 0 aliphatic heterocycles. The van der Waals surface area contributed by atoms with Gasteiger partial charge in [-0.1, -0.05) is 0 Å². The van der Waals surface area contributed by atoms with E-state index in [-0.39, 0.29) is 0 Å². The maximum atomic E-state index is 2.36. The summed E-state index contributed by atoms with van der Waals surface area (Å²) in [5.74, 6) is 0. The van der Waals surface area contributed by atoms with Crippen molar-refractivity contribution in [3.05, 3.63) is 48.6 Å². The molecule has 0 saturated heterocycles. The van der Waals surface area contributed by atoms with E-state index in [1.807, 2.05) is 0 Å². The van der Waals surface area contributed by atoms with Crippen LogP contribution < -0.4 is 0 Å². The Morgan fingerprint density at radius 2 is 0.714 bits per heavy atom. The van der Waals surface area contributed by atoms with E-state index in [0.29, 0.717) is 0 Å². The minimum atomic E-state index is -1.15. The summed E-state index contributed by atoms with van der Waals surface area (Å²) < 4.78 is 0. The fourth-order valence-corrected chi connectivity index (χ4v) is 7.59. The molecule has 0 aromatic heterocycles. The Hall–Kier alpha value is -0.610. The van der Waals surface area contributed by atoms with Crippen LogP contribution >= 0.6 is 7.26 Å². The van der Waals surface area contributed by atoms with Crippen LogP contribution in [0.25, 0.3) is 0 Å². The summed E-state index contributed by atoms with van der Waals surface area (Å²) in [6, 6.07) is 0. The third-order valence-electron chi connectivity index (χ3n) is 4.31. The van der Waals surface area contributed by atoms with Gasteiger partial charge in [0.05, 0.1) is 0 Å². The molecule has 0 spiro atoms. The average molecular weight is 308 g/mol. The normalized spacial score (nSPS) is 14.3. The molecule has 0 aromatic rings. The second kappa shape index (κ2) is 14.3. The van der Waals surface area contributed by atoms with E-state index in [1.54, 1.807) is 0 Å². The summed E-state index contributed by atoms with van der Waals surface area (Å²) in [5, 5.41) is 0. The standard InChI is InChI=1S/C20H37P/c1-5-9-13-17-21(18-14-10-6-2,19-15-11-7-3)20-16-12-8-4/h5-12,21H,13-20H2,1-4H3. The number of hydrogen-bond donors (Lipinski definition) is 0. The third kappa shape index (κ3) is 10.7. The zero-order valence-electron chi connectivity index (χ0n) is 14.8. The van der Waals surface area contributed by atoms with Crippen molar-refractivity contribution in [2.24, 2.45) is 0 Å². The molecule has 0 amide bonds. The van der Waals surface area contributed by atoms with Crippen LogP contribution in [0.1, 0.15) is 53.4 Å². The summed E-state index contributed by atoms with van der Waals surface area (Å²) in [4.78, 5) is 0. The monoisotopic (exact) mass is 308 g/mol. The molecular weight excluding hydrogens is 271 g/mol. The van der Waals surface area contributed by atoms with Crippen molar-refractivity contribution < 1.29 is 0 Å². The quantitative estimate of drug-likeness (QED) is 0.281. The van der Waals surface area contributed by atoms with E-state index in [4.69, 9.17) is 0 Å². The fraction of sp³-hybridized carbons (Fsp3) is 0.600. The van der Waals surface area contributed by atoms with Crippen LogP contribution in [0.4, 0.5) is 0 Å². The summed E-state index contributed by atoms with van der Waals surface area (Å²) in [5.41, 5.74) is 0. The molecule has 0 rings (SSSR count). The topological polar surface area (TPSA) is 0 Å². The molecule has 0 aliphatic rings. The van der Waals surface area contributed by atoms with E-state index in [0.717, 1.165) is 0 Å². The van der Waals surface area contributed by atoms with E-state index in [9.17, 15) is 0 Å². The second-order valence-corrected chi connectivity index (χ2v) is 10.9. The molecule has 0 unspecified atom stereocenters. The van der Waals surface area contributed by atoms with Gasteiger partial charge in [-0.25, -0.2) is 0 Å². The molecule has 0 fully saturated rings. The van der Waals surface area contributed by atoms with Crippen LogP contribution in [-0.4, -0.2) is 24.6 Å². The zero-order valence-corrected chi connectivity index (χ0v) is 15.8. The molecule has 0 N–H and O–H groups in total. The molecule has 0 aliphatic carbocycles. The van der Waals surface area contributed by atoms with Crippen molar-refractivity contribution in [3.63, 3.8) is 0 Å². The van der Waals surface area contributed by atoms with Gasteiger partial charge in [0.15, 0.2) is 0 Å². The van der Waals surface area contributed by atoms with Gasteiger partial charge in [-0.15, -0.1) is 0 Å². The van der Waals surface area contributed by atoms with E-state index in [1.165, 1.54) is 50.3 Å². The van der Waals surface area contributed by atoms with Crippen molar-refractivity contribution in [1.82, 2.24) is 0 Å². The molecule has 0 heterocycles. The third-order valence-corrected chi connectivity index (χ3v) is 9.71. The SMILES string of the molecule is CC=CCC[PH](CCC=CC)(CCC=CC)CCC=CC. The van der Waals surface area contributed by atoms with E-state index < -0.39 is 7.26 Å². The Morgan fingerprint density at radius 3 is 0.905 bits per heavy atom. The zero-order chi connectivity index (χ0) is 15.8. The first-order valence-electron chi connectivity index (χ1n) is 8.69. The molecule has 0 saturated carbocycles. The van der Waals surface area contributed by atoms with Gasteiger partial charge in [-0.3, -0.25) is 0 Å². The van der Waals surface area contributed by atoms with Gasteiger partial charge < -0.3 is 0 Å². The van der Waals surface area contributed by atoms with Crippen LogP contribution in [0.2, 0.25) is 0 Å². The Kier molecular flexibility index (Phi) is 13.9. The first-order valence-corrected chi connectivity index (χ1v) is 11.5. The number of allylic oxidation sites excluding steroid dienone is 8. The molecule has 122 valence electrons. The molecule has 21 heavy (non-hydrogen) atoms. The van der Waals surface area contributed by atoms with E-state index in [2.05, 4.69) is 76.3 Å². The van der Waals surface area contributed by atoms with Crippen molar-refractivity contribution >= 4 is 7.26 Å². The molecule has 1 heteroatoms. The summed E-state index contributed by atoms with van der Waals surface area (Å²) in [6.07, 6.45) is 29.3. The fourth-order valence-electron chi connectivity index (χ4n) is 2.97. The molecule has 0 radical (unpaired) electrons. The van der Waals surface area contributed by atoms with Gasteiger partial charge in [0.25, 0.3) is 0 Å². The summed E-state index contributed by atoms with van der Waals surface area (Å²) in [6.45, 7) is 8.57. The second-order valence-electron chi connectivity index (χ2n) is 5.93. The van der Waals surface area contributed by atoms with Crippen molar-refractivity contribution in [2.45, 2.75) is 53.4 Å². The van der Waals surface area contributed by atoms with Gasteiger partial charge in [0.2, 0.25) is 0 Å². The van der Waals surface area contributed by atoms with Crippen LogP contribution in [0.15, 0.2) is 48.6 Å². The van der Waals surface area contributed by atoms with Gasteiger partial charge in [-0.05, 0) is 0 Å². The van der Waals surface area contributed by atoms with Gasteiger partial charge >= 0.3 is 134 Å². The minimum absolute atomic E-state index is 1.15. The summed E-state index contributed by atoms with van der Waals surface area (Å²) >= 11 is 0. The van der Waals surface area contributed by atoms with Crippen molar-refractivity contribution in [1.29, 1.82) is 0 Å². The average Bonchev–Trinajstić information content (AvgIpc) is 2.48. The number of rotatable bonds is 12. The Labute approximate surface area is 134 Å². The Morgan fingerprint density at radius 1 is 0.476 bits per heavy atom. The van der Waals surface area contributed by atoms with Gasteiger partial charge in [0.1, 0.15) is 0 Å². The van der Waals surface area contributed by atoms with Crippen molar-refractivity contribution in [3.8, 4) is 0 Å². The molecular formula is C20H37P. The van der Waals surface area contributed by atoms with Crippen LogP contribution in [0.3, 0.4) is 0 Å². The van der Waals surface area contributed by atoms with Crippen molar-refractivity contribution in [2.75, 3.05) is 24.6 Å². The molecule has 0 aromatic carbocycles. The maximum absolute atomic E-state index is 2.36. The van der Waals surface area contributed by atoms with Crippen LogP contribution in [-0.2, 0) is 0 Å². The Bertz CT molecular complexity index is 264. The molecule has 0 bridgehead atoms. The molecule has 0 atom stereocenters. The van der Waals surface area contributed by atoms with Crippen LogP contribution in [0.5, 0.6) is 0 Å². The Balaban J connectivity index is 4.83.